The standard InChI is InChI=1S/C30H38O7/c1-15-13-36-14-19(15)18-11-20-24(16(18)2)30(6)23(37-20)12-21-28(4,27(33)35-8)10-9-22(31)29(21,5)25(30)17(3)26(32)34-7/h9-10,13-14,17-18,20-21,23,25H,11-12H2,1-8H3/t17?,18-,20-,21+,23-,25?,28-,29-,30+/m1/s1. The molecule has 0 spiro atoms. The Morgan fingerprint density at radius 1 is 1.05 bits per heavy atom. The second-order valence-electron chi connectivity index (χ2n) is 12.1. The van der Waals surface area contributed by atoms with Crippen molar-refractivity contribution in [1.29, 1.82) is 0 Å². The maximum Gasteiger partial charge on any atom is 0.315 e. The molecular weight excluding hydrogens is 472 g/mol. The number of fused-ring (bicyclic) bond motifs is 4. The minimum atomic E-state index is -1.02. The molecule has 200 valence electrons. The van der Waals surface area contributed by atoms with Crippen LogP contribution < -0.4 is 0 Å². The predicted octanol–water partition coefficient (Wildman–Crippen LogP) is 4.94. The van der Waals surface area contributed by atoms with Crippen molar-refractivity contribution >= 4 is 17.7 Å². The maximum atomic E-state index is 13.9. The minimum Gasteiger partial charge on any atom is -0.472 e. The molecule has 1 saturated heterocycles. The van der Waals surface area contributed by atoms with Crippen LogP contribution in [0.4, 0.5) is 0 Å². The van der Waals surface area contributed by atoms with Gasteiger partial charge in [0.25, 0.3) is 0 Å². The molecule has 1 saturated carbocycles. The molecule has 2 fully saturated rings. The number of ketones is 1. The number of carbonyl (C=O) groups is 3. The van der Waals surface area contributed by atoms with Gasteiger partial charge in [-0.2, -0.15) is 0 Å². The van der Waals surface area contributed by atoms with E-state index in [2.05, 4.69) is 13.8 Å². The summed E-state index contributed by atoms with van der Waals surface area (Å²) in [5.74, 6) is -2.11. The zero-order valence-corrected chi connectivity index (χ0v) is 23.0. The zero-order chi connectivity index (χ0) is 27.1. The molecule has 0 amide bonds. The summed E-state index contributed by atoms with van der Waals surface area (Å²) in [5.41, 5.74) is 2.03. The van der Waals surface area contributed by atoms with Crippen LogP contribution in [0.3, 0.4) is 0 Å². The maximum absolute atomic E-state index is 13.9. The van der Waals surface area contributed by atoms with E-state index in [-0.39, 0.29) is 35.8 Å². The van der Waals surface area contributed by atoms with Crippen molar-refractivity contribution in [2.45, 2.75) is 72.5 Å². The summed E-state index contributed by atoms with van der Waals surface area (Å²) in [6, 6.07) is 0. The van der Waals surface area contributed by atoms with Gasteiger partial charge in [-0.3, -0.25) is 14.4 Å². The summed E-state index contributed by atoms with van der Waals surface area (Å²) in [7, 11) is 2.76. The molecule has 9 atom stereocenters. The molecule has 2 heterocycles. The number of methoxy groups -OCH3 is 2. The number of esters is 2. The Labute approximate surface area is 218 Å². The Balaban J connectivity index is 1.73. The number of ether oxygens (including phenoxy) is 3. The van der Waals surface area contributed by atoms with Crippen molar-refractivity contribution in [3.8, 4) is 0 Å². The summed E-state index contributed by atoms with van der Waals surface area (Å²) < 4.78 is 22.8. The smallest absolute Gasteiger partial charge is 0.315 e. The van der Waals surface area contributed by atoms with Gasteiger partial charge in [0.15, 0.2) is 5.78 Å². The van der Waals surface area contributed by atoms with Crippen LogP contribution >= 0.6 is 0 Å². The minimum absolute atomic E-state index is 0.0683. The quantitative estimate of drug-likeness (QED) is 0.419. The number of carbonyl (C=O) groups excluding carboxylic acids is 3. The molecule has 0 aromatic carbocycles. The number of hydrogen-bond acceptors (Lipinski definition) is 7. The summed E-state index contributed by atoms with van der Waals surface area (Å²) in [6.45, 7) is 12.0. The fraction of sp³-hybridized carbons (Fsp3) is 0.633. The van der Waals surface area contributed by atoms with E-state index in [4.69, 9.17) is 18.6 Å². The molecule has 1 aliphatic heterocycles. The van der Waals surface area contributed by atoms with E-state index in [0.717, 1.165) is 17.5 Å². The summed E-state index contributed by atoms with van der Waals surface area (Å²) in [4.78, 5) is 40.2. The van der Waals surface area contributed by atoms with Gasteiger partial charge in [-0.05, 0) is 62.7 Å². The van der Waals surface area contributed by atoms with Crippen LogP contribution in [0.15, 0.2) is 40.2 Å². The Kier molecular flexibility index (Phi) is 5.91. The topological polar surface area (TPSA) is 92.0 Å². The van der Waals surface area contributed by atoms with E-state index < -0.39 is 34.0 Å². The lowest BCUT2D eigenvalue weighted by molar-refractivity contribution is -0.188. The molecule has 7 nitrogen and oxygen atoms in total. The molecule has 3 aliphatic carbocycles. The highest BCUT2D eigenvalue weighted by Gasteiger charge is 2.72. The highest BCUT2D eigenvalue weighted by atomic mass is 16.5. The Morgan fingerprint density at radius 2 is 1.76 bits per heavy atom. The number of hydrogen-bond donors (Lipinski definition) is 0. The van der Waals surface area contributed by atoms with Gasteiger partial charge in [-0.15, -0.1) is 0 Å². The molecular formula is C30H38O7. The number of rotatable bonds is 4. The van der Waals surface area contributed by atoms with E-state index in [9.17, 15) is 14.4 Å². The second-order valence-corrected chi connectivity index (χ2v) is 12.1. The summed E-state index contributed by atoms with van der Waals surface area (Å²) in [6.07, 6.45) is 7.71. The Hall–Kier alpha value is -2.67. The third-order valence-corrected chi connectivity index (χ3v) is 10.6. The summed E-state index contributed by atoms with van der Waals surface area (Å²) >= 11 is 0. The van der Waals surface area contributed by atoms with Gasteiger partial charge in [0.1, 0.15) is 0 Å². The van der Waals surface area contributed by atoms with Crippen molar-refractivity contribution in [2.75, 3.05) is 14.2 Å². The van der Waals surface area contributed by atoms with Gasteiger partial charge in [0, 0.05) is 22.3 Å². The molecule has 1 aromatic heterocycles. The fourth-order valence-electron chi connectivity index (χ4n) is 8.94. The number of furan rings is 1. The molecule has 2 unspecified atom stereocenters. The monoisotopic (exact) mass is 510 g/mol. The average molecular weight is 511 g/mol. The molecule has 5 rings (SSSR count). The highest BCUT2D eigenvalue weighted by Crippen LogP contribution is 2.70. The number of aryl methyl sites for hydroxylation is 1. The van der Waals surface area contributed by atoms with Crippen molar-refractivity contribution in [3.63, 3.8) is 0 Å². The first-order valence-corrected chi connectivity index (χ1v) is 13.2. The third kappa shape index (κ3) is 3.19. The van der Waals surface area contributed by atoms with Crippen LogP contribution in [0.25, 0.3) is 0 Å². The summed E-state index contributed by atoms with van der Waals surface area (Å²) in [5, 5.41) is 0. The van der Waals surface area contributed by atoms with Crippen molar-refractivity contribution in [1.82, 2.24) is 0 Å². The van der Waals surface area contributed by atoms with Gasteiger partial charge in [0.2, 0.25) is 0 Å². The zero-order valence-electron chi connectivity index (χ0n) is 23.0. The lowest BCUT2D eigenvalue weighted by atomic mass is 9.40. The van der Waals surface area contributed by atoms with E-state index >= 15 is 0 Å². The molecule has 1 aromatic rings. The van der Waals surface area contributed by atoms with Crippen LogP contribution in [0, 0.1) is 40.9 Å². The van der Waals surface area contributed by atoms with Crippen molar-refractivity contribution in [3.05, 3.63) is 47.0 Å². The van der Waals surface area contributed by atoms with E-state index in [1.807, 2.05) is 34.0 Å². The largest absolute Gasteiger partial charge is 0.472 e. The van der Waals surface area contributed by atoms with Crippen LogP contribution in [0.5, 0.6) is 0 Å². The lowest BCUT2D eigenvalue weighted by Gasteiger charge is -2.61. The van der Waals surface area contributed by atoms with Crippen LogP contribution in [0.1, 0.15) is 64.5 Å². The first-order valence-electron chi connectivity index (χ1n) is 13.2. The molecule has 4 aliphatic rings. The van der Waals surface area contributed by atoms with E-state index in [1.165, 1.54) is 31.4 Å². The van der Waals surface area contributed by atoms with Gasteiger partial charge >= 0.3 is 11.9 Å². The molecule has 37 heavy (non-hydrogen) atoms. The average Bonchev–Trinajstić information content (AvgIpc) is 3.52. The first kappa shape index (κ1) is 26.0. The first-order chi connectivity index (χ1) is 17.4. The van der Waals surface area contributed by atoms with Crippen molar-refractivity contribution in [2.24, 2.45) is 34.0 Å². The molecule has 0 bridgehead atoms. The highest BCUT2D eigenvalue weighted by molar-refractivity contribution is 5.99. The van der Waals surface area contributed by atoms with E-state index in [1.54, 1.807) is 12.3 Å². The Bertz CT molecular complexity index is 1220. The van der Waals surface area contributed by atoms with Gasteiger partial charge in [-0.1, -0.05) is 32.4 Å². The lowest BCUT2D eigenvalue weighted by Crippen LogP contribution is -2.65. The van der Waals surface area contributed by atoms with Crippen LogP contribution in [-0.2, 0) is 28.6 Å². The molecule has 0 radical (unpaired) electrons. The van der Waals surface area contributed by atoms with Crippen molar-refractivity contribution < 1.29 is 33.0 Å². The SMILES string of the molecule is COC(=O)C(C)C1[C@]2(C)C3=C(C)[C@H](c4cocc4C)C[C@H]3O[C@@H]2C[C@H]2[C@](C)(C(=O)OC)C=CC(=O)[C@]12C. The molecule has 0 N–H and O–H groups in total. The van der Waals surface area contributed by atoms with E-state index in [0.29, 0.717) is 6.42 Å². The Morgan fingerprint density at radius 3 is 2.35 bits per heavy atom. The van der Waals surface area contributed by atoms with Crippen LogP contribution in [-0.4, -0.2) is 44.1 Å². The number of allylic oxidation sites excluding steroid dienone is 2. The van der Waals surface area contributed by atoms with Gasteiger partial charge in [-0.25, -0.2) is 0 Å². The second kappa shape index (κ2) is 8.42. The van der Waals surface area contributed by atoms with Gasteiger partial charge in [0.05, 0.1) is 50.3 Å². The fourth-order valence-corrected chi connectivity index (χ4v) is 8.94. The van der Waals surface area contributed by atoms with Crippen LogP contribution in [0.2, 0.25) is 0 Å². The van der Waals surface area contributed by atoms with Gasteiger partial charge < -0.3 is 18.6 Å². The normalized spacial score (nSPS) is 41.2. The predicted molar refractivity (Wildman–Crippen MR) is 135 cm³/mol. The third-order valence-electron chi connectivity index (χ3n) is 10.6. The molecule has 7 heteroatoms.